The number of amides is 1. The van der Waals surface area contributed by atoms with Gasteiger partial charge in [0.05, 0.1) is 12.1 Å². The molecule has 2 aromatic rings. The number of hydrogen-bond acceptors (Lipinski definition) is 3. The number of aromatic nitrogens is 1. The largest absolute Gasteiger partial charge is 0.472 e. The van der Waals surface area contributed by atoms with Crippen LogP contribution in [0.2, 0.25) is 0 Å². The van der Waals surface area contributed by atoms with Gasteiger partial charge in [-0.25, -0.2) is 4.98 Å². The molecule has 0 spiro atoms. The lowest BCUT2D eigenvalue weighted by Gasteiger charge is -2.20. The molecule has 1 aromatic carbocycles. The summed E-state index contributed by atoms with van der Waals surface area (Å²) in [7, 11) is 0. The van der Waals surface area contributed by atoms with Crippen LogP contribution in [0, 0.1) is 0 Å². The number of benzene rings is 1. The summed E-state index contributed by atoms with van der Waals surface area (Å²) in [5.41, 5.74) is 0.932. The van der Waals surface area contributed by atoms with Crippen molar-refractivity contribution in [3.63, 3.8) is 0 Å². The molecule has 4 nitrogen and oxygen atoms in total. The molecule has 1 atom stereocenters. The molecule has 1 aliphatic rings. The topological polar surface area (TPSA) is 42.4 Å². The van der Waals surface area contributed by atoms with Gasteiger partial charge in [-0.3, -0.25) is 4.79 Å². The van der Waals surface area contributed by atoms with Crippen molar-refractivity contribution in [1.29, 1.82) is 0 Å². The maximum absolute atomic E-state index is 12.8. The molecule has 7 heteroatoms. The Kier molecular flexibility index (Phi) is 5.37. The fourth-order valence-corrected chi connectivity index (χ4v) is 3.13. The first kappa shape index (κ1) is 20.2. The Morgan fingerprint density at radius 1 is 1.11 bits per heavy atom. The lowest BCUT2D eigenvalue weighted by atomic mass is 9.86. The number of likely N-dealkylation sites (tertiary alicyclic amines) is 1. The Hall–Kier alpha value is -2.57. The molecule has 2 heterocycles. The first-order valence-corrected chi connectivity index (χ1v) is 9.14. The van der Waals surface area contributed by atoms with Crippen molar-refractivity contribution in [3.05, 3.63) is 59.3 Å². The van der Waals surface area contributed by atoms with Crippen molar-refractivity contribution in [3.8, 4) is 5.88 Å². The van der Waals surface area contributed by atoms with Crippen LogP contribution >= 0.6 is 0 Å². The molecule has 1 amide bonds. The number of halogens is 3. The molecule has 1 fully saturated rings. The van der Waals surface area contributed by atoms with Crippen LogP contribution in [0.5, 0.6) is 5.88 Å². The van der Waals surface area contributed by atoms with E-state index < -0.39 is 11.7 Å². The smallest absolute Gasteiger partial charge is 0.416 e. The van der Waals surface area contributed by atoms with Gasteiger partial charge in [0.1, 0.15) is 6.10 Å². The average molecular weight is 392 g/mol. The summed E-state index contributed by atoms with van der Waals surface area (Å²) in [4.78, 5) is 18.2. The number of ether oxygens (including phenoxy) is 1. The summed E-state index contributed by atoms with van der Waals surface area (Å²) in [5, 5.41) is 0. The van der Waals surface area contributed by atoms with Crippen LogP contribution in [0.1, 0.15) is 48.7 Å². The summed E-state index contributed by atoms with van der Waals surface area (Å²) in [6, 6.07) is 9.30. The molecule has 3 rings (SSSR count). The number of nitrogens with zero attached hydrogens (tertiary/aromatic N) is 2. The van der Waals surface area contributed by atoms with Gasteiger partial charge in [0, 0.05) is 30.8 Å². The van der Waals surface area contributed by atoms with Crippen LogP contribution in [0.3, 0.4) is 0 Å². The van der Waals surface area contributed by atoms with Crippen LogP contribution in [0.15, 0.2) is 42.6 Å². The zero-order chi connectivity index (χ0) is 20.5. The summed E-state index contributed by atoms with van der Waals surface area (Å²) < 4.78 is 44.0. The minimum atomic E-state index is -4.45. The number of carbonyl (C=O) groups is 1. The molecule has 0 radical (unpaired) electrons. The average Bonchev–Trinajstić information content (AvgIpc) is 3.08. The van der Waals surface area contributed by atoms with E-state index in [1.165, 1.54) is 0 Å². The van der Waals surface area contributed by atoms with E-state index >= 15 is 0 Å². The number of hydrogen-bond donors (Lipinski definition) is 0. The van der Waals surface area contributed by atoms with Crippen LogP contribution < -0.4 is 4.74 Å². The zero-order valence-electron chi connectivity index (χ0n) is 16.1. The third-order valence-electron chi connectivity index (χ3n) is 4.78. The highest BCUT2D eigenvalue weighted by Crippen LogP contribution is 2.31. The van der Waals surface area contributed by atoms with E-state index in [0.717, 1.165) is 23.9 Å². The lowest BCUT2D eigenvalue weighted by molar-refractivity contribution is -0.137. The molecule has 0 saturated carbocycles. The van der Waals surface area contributed by atoms with Crippen LogP contribution in [-0.4, -0.2) is 35.0 Å². The van der Waals surface area contributed by atoms with Crippen molar-refractivity contribution >= 4 is 5.91 Å². The minimum absolute atomic E-state index is 0.00606. The standard InChI is InChI=1S/C21H23F3N2O2/c1-20(2,3)15-6-4-14(5-7-15)19(27)26-11-9-17(13-26)28-18-12-16(8-10-25-18)21(22,23)24/h4-8,10,12,17H,9,11,13H2,1-3H3/t17-/m1/s1. The van der Waals surface area contributed by atoms with Crippen LogP contribution in [-0.2, 0) is 11.6 Å². The second kappa shape index (κ2) is 7.45. The Balaban J connectivity index is 1.63. The molecule has 1 saturated heterocycles. The fourth-order valence-electron chi connectivity index (χ4n) is 3.13. The van der Waals surface area contributed by atoms with Gasteiger partial charge < -0.3 is 9.64 Å². The summed E-state index contributed by atoms with van der Waals surface area (Å²) in [6.07, 6.45) is -3.21. The highest BCUT2D eigenvalue weighted by molar-refractivity contribution is 5.94. The van der Waals surface area contributed by atoms with Gasteiger partial charge in [-0.15, -0.1) is 0 Å². The maximum Gasteiger partial charge on any atom is 0.416 e. The normalized spacial score (nSPS) is 17.6. The van der Waals surface area contributed by atoms with Crippen LogP contribution in [0.4, 0.5) is 13.2 Å². The molecule has 0 N–H and O–H groups in total. The third-order valence-corrected chi connectivity index (χ3v) is 4.78. The summed E-state index contributed by atoms with van der Waals surface area (Å²) in [6.45, 7) is 7.12. The summed E-state index contributed by atoms with van der Waals surface area (Å²) >= 11 is 0. The minimum Gasteiger partial charge on any atom is -0.472 e. The van der Waals surface area contributed by atoms with Gasteiger partial charge in [-0.1, -0.05) is 32.9 Å². The molecule has 0 unspecified atom stereocenters. The molecule has 0 bridgehead atoms. The second-order valence-corrected chi connectivity index (χ2v) is 7.99. The van der Waals surface area contributed by atoms with E-state index in [0.29, 0.717) is 25.1 Å². The fraction of sp³-hybridized carbons (Fsp3) is 0.429. The molecule has 1 aromatic heterocycles. The number of carbonyl (C=O) groups excluding carboxylic acids is 1. The molecular weight excluding hydrogens is 369 g/mol. The SMILES string of the molecule is CC(C)(C)c1ccc(C(=O)N2CC[C@@H](Oc3cc(C(F)(F)F)ccn3)C2)cc1. The molecule has 150 valence electrons. The number of rotatable bonds is 3. The highest BCUT2D eigenvalue weighted by Gasteiger charge is 2.32. The van der Waals surface area contributed by atoms with E-state index in [1.54, 1.807) is 4.90 Å². The van der Waals surface area contributed by atoms with Crippen molar-refractivity contribution in [2.45, 2.75) is 44.9 Å². The van der Waals surface area contributed by atoms with Gasteiger partial charge in [-0.2, -0.15) is 13.2 Å². The summed E-state index contributed by atoms with van der Waals surface area (Å²) in [5.74, 6) is -0.188. The number of alkyl halides is 3. The third kappa shape index (κ3) is 4.64. The van der Waals surface area contributed by atoms with E-state index in [1.807, 2.05) is 24.3 Å². The predicted octanol–water partition coefficient (Wildman–Crippen LogP) is 4.69. The Morgan fingerprint density at radius 2 is 1.79 bits per heavy atom. The maximum atomic E-state index is 12.8. The van der Waals surface area contributed by atoms with E-state index in [9.17, 15) is 18.0 Å². The van der Waals surface area contributed by atoms with Crippen molar-refractivity contribution in [2.24, 2.45) is 0 Å². The Labute approximate surface area is 162 Å². The predicted molar refractivity (Wildman–Crippen MR) is 99.3 cm³/mol. The van der Waals surface area contributed by atoms with Gasteiger partial charge in [0.2, 0.25) is 5.88 Å². The quantitative estimate of drug-likeness (QED) is 0.761. The van der Waals surface area contributed by atoms with Gasteiger partial charge in [0.25, 0.3) is 5.91 Å². The van der Waals surface area contributed by atoms with Crippen molar-refractivity contribution < 1.29 is 22.7 Å². The molecule has 0 aliphatic carbocycles. The highest BCUT2D eigenvalue weighted by atomic mass is 19.4. The van der Waals surface area contributed by atoms with Gasteiger partial charge >= 0.3 is 6.18 Å². The molecule has 1 aliphatic heterocycles. The monoisotopic (exact) mass is 392 g/mol. The van der Waals surface area contributed by atoms with E-state index in [4.69, 9.17) is 4.74 Å². The van der Waals surface area contributed by atoms with Gasteiger partial charge in [-0.05, 0) is 29.2 Å². The Bertz CT molecular complexity index is 842. The van der Waals surface area contributed by atoms with E-state index in [-0.39, 0.29) is 23.3 Å². The molecule has 28 heavy (non-hydrogen) atoms. The van der Waals surface area contributed by atoms with Gasteiger partial charge in [0.15, 0.2) is 0 Å². The van der Waals surface area contributed by atoms with Crippen LogP contribution in [0.25, 0.3) is 0 Å². The van der Waals surface area contributed by atoms with Crippen molar-refractivity contribution in [1.82, 2.24) is 9.88 Å². The lowest BCUT2D eigenvalue weighted by Crippen LogP contribution is -2.31. The second-order valence-electron chi connectivity index (χ2n) is 7.99. The Morgan fingerprint density at radius 3 is 2.39 bits per heavy atom. The molecular formula is C21H23F3N2O2. The zero-order valence-corrected chi connectivity index (χ0v) is 16.1. The first-order chi connectivity index (χ1) is 13.0. The first-order valence-electron chi connectivity index (χ1n) is 9.14. The van der Waals surface area contributed by atoms with E-state index in [2.05, 4.69) is 25.8 Å². The van der Waals surface area contributed by atoms with Crippen molar-refractivity contribution in [2.75, 3.05) is 13.1 Å². The number of pyridine rings is 1.